The first-order valence-electron chi connectivity index (χ1n) is 5.03. The van der Waals surface area contributed by atoms with Gasteiger partial charge >= 0.3 is 0 Å². The lowest BCUT2D eigenvalue weighted by atomic mass is 10.0. The summed E-state index contributed by atoms with van der Waals surface area (Å²) in [7, 11) is 1.42. The Morgan fingerprint density at radius 1 is 1.29 bits per heavy atom. The van der Waals surface area contributed by atoms with E-state index in [4.69, 9.17) is 10.00 Å². The van der Waals surface area contributed by atoms with Gasteiger partial charge in [-0.2, -0.15) is 5.26 Å². The standard InChI is InChI=1S/C13H10N2O2/c1-17-13-11(8-14)10(7-12(16)15-13)9-5-3-2-4-6-9/h2-7H,1H3,(H,15,16). The van der Waals surface area contributed by atoms with Crippen LogP contribution in [0.4, 0.5) is 0 Å². The van der Waals surface area contributed by atoms with Crippen molar-refractivity contribution in [2.45, 2.75) is 0 Å². The number of aromatic nitrogens is 1. The van der Waals surface area contributed by atoms with Crippen LogP contribution in [0.25, 0.3) is 11.1 Å². The van der Waals surface area contributed by atoms with E-state index in [1.54, 1.807) is 0 Å². The van der Waals surface area contributed by atoms with Crippen molar-refractivity contribution >= 4 is 0 Å². The molecule has 0 aliphatic rings. The molecule has 0 aliphatic heterocycles. The van der Waals surface area contributed by atoms with Gasteiger partial charge in [0.2, 0.25) is 5.88 Å². The number of methoxy groups -OCH3 is 1. The zero-order chi connectivity index (χ0) is 12.3. The summed E-state index contributed by atoms with van der Waals surface area (Å²) in [6.07, 6.45) is 0. The van der Waals surface area contributed by atoms with Crippen molar-refractivity contribution in [1.82, 2.24) is 4.98 Å². The summed E-state index contributed by atoms with van der Waals surface area (Å²) in [6.45, 7) is 0. The highest BCUT2D eigenvalue weighted by molar-refractivity contribution is 5.72. The largest absolute Gasteiger partial charge is 0.481 e. The summed E-state index contributed by atoms with van der Waals surface area (Å²) in [5.74, 6) is 0.193. The number of benzene rings is 1. The summed E-state index contributed by atoms with van der Waals surface area (Å²) in [4.78, 5) is 14.0. The van der Waals surface area contributed by atoms with Crippen molar-refractivity contribution in [2.75, 3.05) is 7.11 Å². The molecule has 1 aromatic heterocycles. The highest BCUT2D eigenvalue weighted by atomic mass is 16.5. The molecule has 1 N–H and O–H groups in total. The van der Waals surface area contributed by atoms with Gasteiger partial charge < -0.3 is 4.74 Å². The lowest BCUT2D eigenvalue weighted by molar-refractivity contribution is 0.395. The van der Waals surface area contributed by atoms with Gasteiger partial charge in [-0.05, 0) is 5.56 Å². The minimum absolute atomic E-state index is 0.193. The van der Waals surface area contributed by atoms with E-state index in [1.165, 1.54) is 13.2 Å². The maximum Gasteiger partial charge on any atom is 0.251 e. The predicted octanol–water partition coefficient (Wildman–Crippen LogP) is 1.92. The lowest BCUT2D eigenvalue weighted by Gasteiger charge is -2.07. The molecule has 2 aromatic rings. The van der Waals surface area contributed by atoms with Gasteiger partial charge in [0.25, 0.3) is 5.56 Å². The molecule has 0 unspecified atom stereocenters. The minimum Gasteiger partial charge on any atom is -0.481 e. The van der Waals surface area contributed by atoms with Crippen molar-refractivity contribution < 1.29 is 4.74 Å². The Hall–Kier alpha value is -2.54. The maximum atomic E-state index is 11.5. The van der Waals surface area contributed by atoms with Gasteiger partial charge in [0.15, 0.2) is 0 Å². The molecule has 0 radical (unpaired) electrons. The highest BCUT2D eigenvalue weighted by Gasteiger charge is 2.12. The summed E-state index contributed by atoms with van der Waals surface area (Å²) < 4.78 is 5.00. The number of aromatic amines is 1. The molecule has 0 fully saturated rings. The van der Waals surface area contributed by atoms with Crippen LogP contribution in [-0.4, -0.2) is 12.1 Å². The molecular weight excluding hydrogens is 216 g/mol. The van der Waals surface area contributed by atoms with Crippen LogP contribution in [0.2, 0.25) is 0 Å². The fourth-order valence-corrected chi connectivity index (χ4v) is 1.65. The molecule has 4 heteroatoms. The Bertz CT molecular complexity index is 624. The molecule has 0 saturated carbocycles. The summed E-state index contributed by atoms with van der Waals surface area (Å²) in [5, 5.41) is 9.13. The van der Waals surface area contributed by atoms with Gasteiger partial charge in [0.05, 0.1) is 7.11 Å². The third-order valence-electron chi connectivity index (χ3n) is 2.41. The van der Waals surface area contributed by atoms with Crippen LogP contribution in [0.3, 0.4) is 0 Å². The van der Waals surface area contributed by atoms with Crippen molar-refractivity contribution in [1.29, 1.82) is 5.26 Å². The van der Waals surface area contributed by atoms with Gasteiger partial charge in [-0.15, -0.1) is 0 Å². The van der Waals surface area contributed by atoms with E-state index in [0.717, 1.165) is 5.56 Å². The molecule has 2 rings (SSSR count). The topological polar surface area (TPSA) is 65.9 Å². The second-order valence-electron chi connectivity index (χ2n) is 3.43. The van der Waals surface area contributed by atoms with Crippen LogP contribution < -0.4 is 10.3 Å². The third kappa shape index (κ3) is 2.04. The molecule has 84 valence electrons. The van der Waals surface area contributed by atoms with Gasteiger partial charge in [-0.1, -0.05) is 30.3 Å². The molecule has 0 bridgehead atoms. The zero-order valence-electron chi connectivity index (χ0n) is 9.23. The molecule has 0 saturated heterocycles. The van der Waals surface area contributed by atoms with Crippen LogP contribution in [-0.2, 0) is 0 Å². The average molecular weight is 226 g/mol. The molecule has 0 aliphatic carbocycles. The second-order valence-corrected chi connectivity index (χ2v) is 3.43. The van der Waals surface area contributed by atoms with Crippen molar-refractivity contribution in [3.05, 3.63) is 52.3 Å². The third-order valence-corrected chi connectivity index (χ3v) is 2.41. The first-order chi connectivity index (χ1) is 8.26. The number of nitrogens with one attached hydrogen (secondary N) is 1. The van der Waals surface area contributed by atoms with E-state index in [1.807, 2.05) is 36.4 Å². The van der Waals surface area contributed by atoms with Gasteiger partial charge in [0, 0.05) is 11.6 Å². The fraction of sp³-hybridized carbons (Fsp3) is 0.0769. The molecule has 4 nitrogen and oxygen atoms in total. The van der Waals surface area contributed by atoms with Crippen molar-refractivity contribution in [3.8, 4) is 23.1 Å². The maximum absolute atomic E-state index is 11.5. The van der Waals surface area contributed by atoms with Crippen molar-refractivity contribution in [2.24, 2.45) is 0 Å². The van der Waals surface area contributed by atoms with E-state index in [-0.39, 0.29) is 11.4 Å². The SMILES string of the molecule is COc1[nH]c(=O)cc(-c2ccccc2)c1C#N. The van der Waals surface area contributed by atoms with Crippen LogP contribution in [0, 0.1) is 11.3 Å². The molecule has 17 heavy (non-hydrogen) atoms. The number of hydrogen-bond acceptors (Lipinski definition) is 3. The Balaban J connectivity index is 2.74. The summed E-state index contributed by atoms with van der Waals surface area (Å²) in [5.41, 5.74) is 1.43. The molecule has 1 aromatic carbocycles. The molecular formula is C13H10N2O2. The quantitative estimate of drug-likeness (QED) is 0.850. The normalized spacial score (nSPS) is 9.65. The number of pyridine rings is 1. The average Bonchev–Trinajstić information content (AvgIpc) is 2.38. The number of hydrogen-bond donors (Lipinski definition) is 1. The Morgan fingerprint density at radius 2 is 2.00 bits per heavy atom. The second kappa shape index (κ2) is 4.54. The van der Waals surface area contributed by atoms with E-state index in [0.29, 0.717) is 11.1 Å². The zero-order valence-corrected chi connectivity index (χ0v) is 9.23. The van der Waals surface area contributed by atoms with Crippen LogP contribution in [0.15, 0.2) is 41.2 Å². The predicted molar refractivity (Wildman–Crippen MR) is 63.8 cm³/mol. The smallest absolute Gasteiger partial charge is 0.251 e. The Labute approximate surface area is 98.1 Å². The van der Waals surface area contributed by atoms with Crippen molar-refractivity contribution in [3.63, 3.8) is 0 Å². The number of nitriles is 1. The van der Waals surface area contributed by atoms with E-state index >= 15 is 0 Å². The van der Waals surface area contributed by atoms with Crippen LogP contribution >= 0.6 is 0 Å². The first kappa shape index (κ1) is 11.0. The molecule has 0 spiro atoms. The fourth-order valence-electron chi connectivity index (χ4n) is 1.65. The number of rotatable bonds is 2. The summed E-state index contributed by atoms with van der Waals surface area (Å²) >= 11 is 0. The van der Waals surface area contributed by atoms with E-state index in [9.17, 15) is 4.79 Å². The van der Waals surface area contributed by atoms with E-state index in [2.05, 4.69) is 4.98 Å². The van der Waals surface area contributed by atoms with Gasteiger partial charge in [0.1, 0.15) is 11.6 Å². The molecule has 0 amide bonds. The highest BCUT2D eigenvalue weighted by Crippen LogP contribution is 2.26. The lowest BCUT2D eigenvalue weighted by Crippen LogP contribution is -2.08. The van der Waals surface area contributed by atoms with Gasteiger partial charge in [-0.25, -0.2) is 0 Å². The monoisotopic (exact) mass is 226 g/mol. The first-order valence-corrected chi connectivity index (χ1v) is 5.03. The van der Waals surface area contributed by atoms with Crippen LogP contribution in [0.1, 0.15) is 5.56 Å². The Kier molecular flexibility index (Phi) is 2.93. The summed E-state index contributed by atoms with van der Waals surface area (Å²) in [6, 6.07) is 12.7. The Morgan fingerprint density at radius 3 is 2.59 bits per heavy atom. The van der Waals surface area contributed by atoms with E-state index < -0.39 is 0 Å². The number of ether oxygens (including phenoxy) is 1. The number of nitrogens with zero attached hydrogens (tertiary/aromatic N) is 1. The van der Waals surface area contributed by atoms with Crippen LogP contribution in [0.5, 0.6) is 5.88 Å². The minimum atomic E-state index is -0.292. The molecule has 1 heterocycles. The van der Waals surface area contributed by atoms with Gasteiger partial charge in [-0.3, -0.25) is 9.78 Å². The number of H-pyrrole nitrogens is 1. The molecule has 0 atom stereocenters.